The fourth-order valence-corrected chi connectivity index (χ4v) is 1.12. The molecule has 0 aromatic carbocycles. The number of hydrogen-bond donors (Lipinski definition) is 0. The molecule has 4 nitrogen and oxygen atoms in total. The Morgan fingerprint density at radius 1 is 0.792 bits per heavy atom. The third kappa shape index (κ3) is 42.7. The number of rotatable bonds is 9. The first kappa shape index (κ1) is 27.0. The van der Waals surface area contributed by atoms with Gasteiger partial charge in [-0.2, -0.15) is 0 Å². The molecule has 0 radical (unpaired) electrons. The van der Waals surface area contributed by atoms with Gasteiger partial charge in [0, 0.05) is 13.8 Å². The molecule has 0 rings (SSSR count). The molecule has 0 aliphatic heterocycles. The summed E-state index contributed by atoms with van der Waals surface area (Å²) in [5.74, 6) is -0.447. The summed E-state index contributed by atoms with van der Waals surface area (Å²) in [6, 6.07) is 0. The van der Waals surface area contributed by atoms with E-state index < -0.39 is 0 Å². The molecular formula is C20H36O4. The van der Waals surface area contributed by atoms with Crippen LogP contribution >= 0.6 is 0 Å². The molecule has 0 aliphatic carbocycles. The van der Waals surface area contributed by atoms with Crippen molar-refractivity contribution in [1.82, 2.24) is 0 Å². The topological polar surface area (TPSA) is 52.6 Å². The van der Waals surface area contributed by atoms with Crippen molar-refractivity contribution in [1.29, 1.82) is 0 Å². The smallest absolute Gasteiger partial charge is 0.302 e. The monoisotopic (exact) mass is 340 g/mol. The Kier molecular flexibility index (Phi) is 29.4. The molecule has 0 amide bonds. The van der Waals surface area contributed by atoms with Crippen LogP contribution < -0.4 is 0 Å². The normalized spacial score (nSPS) is 9.54. The highest BCUT2D eigenvalue weighted by Crippen LogP contribution is 1.88. The van der Waals surface area contributed by atoms with E-state index in [1.165, 1.54) is 20.3 Å². The van der Waals surface area contributed by atoms with Gasteiger partial charge in [-0.15, -0.1) is 6.58 Å². The zero-order valence-electron chi connectivity index (χ0n) is 16.2. The van der Waals surface area contributed by atoms with Crippen molar-refractivity contribution < 1.29 is 19.1 Å². The number of allylic oxidation sites excluding steroid dienone is 3. The van der Waals surface area contributed by atoms with Gasteiger partial charge in [0.2, 0.25) is 0 Å². The fourth-order valence-electron chi connectivity index (χ4n) is 1.12. The van der Waals surface area contributed by atoms with Crippen LogP contribution in [0.4, 0.5) is 0 Å². The third-order valence-corrected chi connectivity index (χ3v) is 2.28. The molecule has 0 bridgehead atoms. The van der Waals surface area contributed by atoms with Gasteiger partial charge in [-0.25, -0.2) is 0 Å². The number of hydrogen-bond acceptors (Lipinski definition) is 4. The van der Waals surface area contributed by atoms with Crippen LogP contribution in [-0.4, -0.2) is 25.2 Å². The van der Waals surface area contributed by atoms with Crippen LogP contribution in [0.3, 0.4) is 0 Å². The maximum atomic E-state index is 10.2. The van der Waals surface area contributed by atoms with Crippen molar-refractivity contribution in [2.75, 3.05) is 13.2 Å². The Bertz CT molecular complexity index is 344. The molecular weight excluding hydrogens is 304 g/mol. The lowest BCUT2D eigenvalue weighted by Gasteiger charge is -1.93. The number of carbonyl (C=O) groups is 2. The van der Waals surface area contributed by atoms with Crippen LogP contribution in [-0.2, 0) is 19.1 Å². The van der Waals surface area contributed by atoms with Crippen LogP contribution in [0.15, 0.2) is 37.0 Å². The molecule has 0 unspecified atom stereocenters. The molecule has 0 saturated carbocycles. The highest BCUT2D eigenvalue weighted by molar-refractivity contribution is 5.66. The summed E-state index contributed by atoms with van der Waals surface area (Å²) in [6.45, 7) is 13.5. The number of esters is 2. The largest absolute Gasteiger partial charge is 0.462 e. The standard InChI is InChI=1S/C8H14O2.C7H12O2.C5H10/c1-3-4-5-6-7-10-8(2)9;1-3-4-5-6-9-7(2)8;1-3-5-4-2/h5-6H,3-4,7H2,1-2H3;4-5H,3,6H2,1-2H3;3H,1,4-5H2,2H3/b6-5+;5-4-;. The minimum absolute atomic E-state index is 0.221. The number of carbonyl (C=O) groups excluding carboxylic acids is 2. The summed E-state index contributed by atoms with van der Waals surface area (Å²) < 4.78 is 9.28. The minimum Gasteiger partial charge on any atom is -0.462 e. The van der Waals surface area contributed by atoms with Crippen molar-refractivity contribution in [3.63, 3.8) is 0 Å². The van der Waals surface area contributed by atoms with Gasteiger partial charge in [0.1, 0.15) is 13.2 Å². The lowest BCUT2D eigenvalue weighted by molar-refractivity contribution is -0.140. The van der Waals surface area contributed by atoms with Gasteiger partial charge in [0.05, 0.1) is 0 Å². The van der Waals surface area contributed by atoms with E-state index in [2.05, 4.69) is 29.9 Å². The van der Waals surface area contributed by atoms with Crippen molar-refractivity contribution in [3.8, 4) is 0 Å². The maximum Gasteiger partial charge on any atom is 0.302 e. The quantitative estimate of drug-likeness (QED) is 0.417. The first-order valence-corrected chi connectivity index (χ1v) is 8.63. The summed E-state index contributed by atoms with van der Waals surface area (Å²) in [5.41, 5.74) is 0. The maximum absolute atomic E-state index is 10.2. The van der Waals surface area contributed by atoms with Gasteiger partial charge in [-0.3, -0.25) is 9.59 Å². The summed E-state index contributed by atoms with van der Waals surface area (Å²) in [6.07, 6.45) is 15.2. The van der Waals surface area contributed by atoms with Gasteiger partial charge in [0.25, 0.3) is 0 Å². The van der Waals surface area contributed by atoms with E-state index in [4.69, 9.17) is 0 Å². The zero-order valence-corrected chi connectivity index (χ0v) is 16.2. The average Bonchev–Trinajstić information content (AvgIpc) is 2.53. The molecule has 0 spiro atoms. The van der Waals surface area contributed by atoms with E-state index in [0.29, 0.717) is 13.2 Å². The summed E-state index contributed by atoms with van der Waals surface area (Å²) in [5, 5.41) is 0. The molecule has 0 fully saturated rings. The van der Waals surface area contributed by atoms with E-state index in [9.17, 15) is 9.59 Å². The molecule has 0 atom stereocenters. The molecule has 24 heavy (non-hydrogen) atoms. The van der Waals surface area contributed by atoms with Crippen LogP contribution in [0.5, 0.6) is 0 Å². The molecule has 4 heteroatoms. The third-order valence-electron chi connectivity index (χ3n) is 2.28. The Hall–Kier alpha value is -1.84. The molecule has 0 aliphatic rings. The summed E-state index contributed by atoms with van der Waals surface area (Å²) in [7, 11) is 0. The highest BCUT2D eigenvalue weighted by Gasteiger charge is 1.85. The first-order valence-electron chi connectivity index (χ1n) is 8.63. The van der Waals surface area contributed by atoms with Crippen molar-refractivity contribution in [2.24, 2.45) is 0 Å². The highest BCUT2D eigenvalue weighted by atomic mass is 16.5. The molecule has 140 valence electrons. The summed E-state index contributed by atoms with van der Waals surface area (Å²) >= 11 is 0. The first-order chi connectivity index (χ1) is 11.5. The Balaban J connectivity index is -0.000000291. The number of ether oxygens (including phenoxy) is 2. The van der Waals surface area contributed by atoms with Gasteiger partial charge < -0.3 is 9.47 Å². The van der Waals surface area contributed by atoms with Crippen molar-refractivity contribution in [2.45, 2.75) is 66.7 Å². The lowest BCUT2D eigenvalue weighted by Crippen LogP contribution is -1.97. The van der Waals surface area contributed by atoms with Gasteiger partial charge >= 0.3 is 11.9 Å². The van der Waals surface area contributed by atoms with E-state index in [1.807, 2.05) is 37.3 Å². The molecule has 0 N–H and O–H groups in total. The van der Waals surface area contributed by atoms with E-state index in [0.717, 1.165) is 25.7 Å². The predicted octanol–water partition coefficient (Wildman–Crippen LogP) is 5.39. The van der Waals surface area contributed by atoms with Crippen molar-refractivity contribution in [3.05, 3.63) is 37.0 Å². The van der Waals surface area contributed by atoms with Crippen molar-refractivity contribution >= 4 is 11.9 Å². The molecule has 0 aromatic rings. The Morgan fingerprint density at radius 3 is 1.54 bits per heavy atom. The Morgan fingerprint density at radius 2 is 1.25 bits per heavy atom. The van der Waals surface area contributed by atoms with E-state index in [1.54, 1.807) is 0 Å². The fraction of sp³-hybridized carbons (Fsp3) is 0.600. The van der Waals surface area contributed by atoms with E-state index in [-0.39, 0.29) is 11.9 Å². The van der Waals surface area contributed by atoms with E-state index >= 15 is 0 Å². The van der Waals surface area contributed by atoms with Gasteiger partial charge in [-0.1, -0.05) is 64.0 Å². The van der Waals surface area contributed by atoms with Crippen LogP contribution in [0.2, 0.25) is 0 Å². The van der Waals surface area contributed by atoms with Gasteiger partial charge in [0.15, 0.2) is 0 Å². The minimum atomic E-state index is -0.226. The SMILES string of the molecule is C=CCCC.CC/C=C\COC(C)=O.CCC/C=C/COC(C)=O. The average molecular weight is 341 g/mol. The van der Waals surface area contributed by atoms with Gasteiger partial charge in [-0.05, 0) is 19.3 Å². The molecule has 0 heterocycles. The van der Waals surface area contributed by atoms with Crippen LogP contribution in [0.25, 0.3) is 0 Å². The van der Waals surface area contributed by atoms with Crippen LogP contribution in [0.1, 0.15) is 66.7 Å². The molecule has 0 saturated heterocycles. The summed E-state index contributed by atoms with van der Waals surface area (Å²) in [4.78, 5) is 20.4. The second-order valence-electron chi connectivity index (χ2n) is 4.82. The Labute approximate surface area is 148 Å². The predicted molar refractivity (Wildman–Crippen MR) is 102 cm³/mol. The molecule has 0 aromatic heterocycles. The number of unbranched alkanes of at least 4 members (excludes halogenated alkanes) is 2. The van der Waals surface area contributed by atoms with Crippen LogP contribution in [0, 0.1) is 0 Å². The lowest BCUT2D eigenvalue weighted by atomic mass is 10.3. The second kappa shape index (κ2) is 26.1. The second-order valence-corrected chi connectivity index (χ2v) is 4.82. The zero-order chi connectivity index (χ0) is 19.1.